The van der Waals surface area contributed by atoms with Gasteiger partial charge in [0.15, 0.2) is 0 Å². The molecule has 1 atom stereocenters. The Hall–Kier alpha value is -1.64. The molecule has 0 bridgehead atoms. The molecule has 1 aromatic carbocycles. The molecule has 0 saturated carbocycles. The van der Waals surface area contributed by atoms with Gasteiger partial charge in [-0.25, -0.2) is 0 Å². The standard InChI is InChI=1S/C12H10O3/c13-10-7-12(11(14)15-10)6-5-8-3-1-2-4-9(8)12/h1-4H,5-7H2/t12-/m1/s1. The molecular weight excluding hydrogens is 192 g/mol. The summed E-state index contributed by atoms with van der Waals surface area (Å²) in [6.07, 6.45) is 1.78. The van der Waals surface area contributed by atoms with Crippen LogP contribution >= 0.6 is 0 Å². The van der Waals surface area contributed by atoms with Gasteiger partial charge in [-0.1, -0.05) is 24.3 Å². The SMILES string of the molecule is O=C1C[C@@]2(CCc3ccccc32)C(=O)O1. The van der Waals surface area contributed by atoms with Gasteiger partial charge in [-0.2, -0.15) is 0 Å². The molecule has 76 valence electrons. The smallest absolute Gasteiger partial charge is 0.324 e. The summed E-state index contributed by atoms with van der Waals surface area (Å²) >= 11 is 0. The third-order valence-corrected chi connectivity index (χ3v) is 3.40. The first kappa shape index (κ1) is 8.65. The summed E-state index contributed by atoms with van der Waals surface area (Å²) in [5.74, 6) is -0.755. The monoisotopic (exact) mass is 202 g/mol. The zero-order valence-electron chi connectivity index (χ0n) is 8.16. The van der Waals surface area contributed by atoms with Gasteiger partial charge >= 0.3 is 11.9 Å². The Bertz CT molecular complexity index is 464. The van der Waals surface area contributed by atoms with Crippen molar-refractivity contribution in [3.8, 4) is 0 Å². The number of carbonyl (C=O) groups excluding carboxylic acids is 2. The van der Waals surface area contributed by atoms with Crippen LogP contribution in [0.1, 0.15) is 24.0 Å². The number of hydrogen-bond donors (Lipinski definition) is 0. The van der Waals surface area contributed by atoms with Gasteiger partial charge in [-0.05, 0) is 24.0 Å². The lowest BCUT2D eigenvalue weighted by molar-refractivity contribution is -0.153. The molecular formula is C12H10O3. The van der Waals surface area contributed by atoms with E-state index >= 15 is 0 Å². The quantitative estimate of drug-likeness (QED) is 0.471. The molecule has 3 heteroatoms. The van der Waals surface area contributed by atoms with E-state index in [0.717, 1.165) is 12.0 Å². The highest BCUT2D eigenvalue weighted by Crippen LogP contribution is 2.45. The summed E-state index contributed by atoms with van der Waals surface area (Å²) < 4.78 is 4.68. The van der Waals surface area contributed by atoms with E-state index in [9.17, 15) is 9.59 Å². The number of hydrogen-bond acceptors (Lipinski definition) is 3. The van der Waals surface area contributed by atoms with Gasteiger partial charge in [0.05, 0.1) is 6.42 Å². The van der Waals surface area contributed by atoms with E-state index in [4.69, 9.17) is 0 Å². The summed E-state index contributed by atoms with van der Waals surface area (Å²) in [4.78, 5) is 22.9. The van der Waals surface area contributed by atoms with Crippen molar-refractivity contribution < 1.29 is 14.3 Å². The number of aryl methyl sites for hydroxylation is 1. The van der Waals surface area contributed by atoms with E-state index in [1.165, 1.54) is 5.56 Å². The molecule has 1 fully saturated rings. The minimum absolute atomic E-state index is 0.211. The zero-order valence-corrected chi connectivity index (χ0v) is 8.16. The van der Waals surface area contributed by atoms with Crippen molar-refractivity contribution in [3.63, 3.8) is 0 Å². The molecule has 1 aromatic rings. The van der Waals surface area contributed by atoms with Crippen LogP contribution in [0.3, 0.4) is 0 Å². The Kier molecular flexibility index (Phi) is 1.55. The van der Waals surface area contributed by atoms with Crippen LogP contribution in [0.15, 0.2) is 24.3 Å². The van der Waals surface area contributed by atoms with Gasteiger partial charge < -0.3 is 4.74 Å². The molecule has 1 heterocycles. The van der Waals surface area contributed by atoms with Gasteiger partial charge in [0.25, 0.3) is 0 Å². The Balaban J connectivity index is 2.17. The first-order valence-corrected chi connectivity index (χ1v) is 5.06. The second-order valence-corrected chi connectivity index (χ2v) is 4.18. The molecule has 1 saturated heterocycles. The average molecular weight is 202 g/mol. The maximum Gasteiger partial charge on any atom is 0.324 e. The molecule has 15 heavy (non-hydrogen) atoms. The normalized spacial score (nSPS) is 28.3. The van der Waals surface area contributed by atoms with Crippen LogP contribution in [-0.2, 0) is 26.2 Å². The van der Waals surface area contributed by atoms with Gasteiger partial charge in [0.2, 0.25) is 0 Å². The number of ether oxygens (including phenoxy) is 1. The highest BCUT2D eigenvalue weighted by atomic mass is 16.6. The third kappa shape index (κ3) is 1.00. The van der Waals surface area contributed by atoms with Crippen molar-refractivity contribution in [1.29, 1.82) is 0 Å². The predicted octanol–water partition coefficient (Wildman–Crippen LogP) is 1.34. The summed E-state index contributed by atoms with van der Waals surface area (Å²) in [5.41, 5.74) is 1.50. The zero-order chi connectivity index (χ0) is 10.5. The van der Waals surface area contributed by atoms with Crippen LogP contribution < -0.4 is 0 Å². The van der Waals surface area contributed by atoms with Crippen LogP contribution in [0.4, 0.5) is 0 Å². The Morgan fingerprint density at radius 3 is 2.73 bits per heavy atom. The summed E-state index contributed by atoms with van der Waals surface area (Å²) in [7, 11) is 0. The van der Waals surface area contributed by atoms with E-state index < -0.39 is 11.4 Å². The van der Waals surface area contributed by atoms with E-state index in [-0.39, 0.29) is 12.4 Å². The van der Waals surface area contributed by atoms with Gasteiger partial charge in [-0.15, -0.1) is 0 Å². The summed E-state index contributed by atoms with van der Waals surface area (Å²) in [6.45, 7) is 0. The molecule has 3 rings (SSSR count). The molecule has 0 aromatic heterocycles. The van der Waals surface area contributed by atoms with E-state index in [0.29, 0.717) is 6.42 Å². The van der Waals surface area contributed by atoms with Crippen molar-refractivity contribution >= 4 is 11.9 Å². The van der Waals surface area contributed by atoms with Gasteiger partial charge in [-0.3, -0.25) is 9.59 Å². The lowest BCUT2D eigenvalue weighted by atomic mass is 9.80. The number of carbonyl (C=O) groups is 2. The Morgan fingerprint density at radius 2 is 2.00 bits per heavy atom. The molecule has 0 unspecified atom stereocenters. The molecule has 0 radical (unpaired) electrons. The molecule has 1 spiro atoms. The highest BCUT2D eigenvalue weighted by molar-refractivity contribution is 6.02. The van der Waals surface area contributed by atoms with Crippen molar-refractivity contribution in [2.75, 3.05) is 0 Å². The number of rotatable bonds is 0. The van der Waals surface area contributed by atoms with Crippen molar-refractivity contribution in [2.24, 2.45) is 0 Å². The molecule has 1 aliphatic carbocycles. The van der Waals surface area contributed by atoms with Crippen molar-refractivity contribution in [1.82, 2.24) is 0 Å². The fourth-order valence-corrected chi connectivity index (χ4v) is 2.64. The van der Waals surface area contributed by atoms with Gasteiger partial charge in [0, 0.05) is 0 Å². The molecule has 1 aliphatic heterocycles. The minimum atomic E-state index is -0.659. The second kappa shape index (κ2) is 2.69. The van der Waals surface area contributed by atoms with Crippen LogP contribution in [0, 0.1) is 0 Å². The second-order valence-electron chi connectivity index (χ2n) is 4.18. The summed E-state index contributed by atoms with van der Waals surface area (Å²) in [6, 6.07) is 7.81. The topological polar surface area (TPSA) is 43.4 Å². The third-order valence-electron chi connectivity index (χ3n) is 3.40. The fraction of sp³-hybridized carbons (Fsp3) is 0.333. The number of benzene rings is 1. The molecule has 0 amide bonds. The van der Waals surface area contributed by atoms with Crippen molar-refractivity contribution in [3.05, 3.63) is 35.4 Å². The maximum atomic E-state index is 11.7. The molecule has 2 aliphatic rings. The van der Waals surface area contributed by atoms with Crippen LogP contribution in [-0.4, -0.2) is 11.9 Å². The van der Waals surface area contributed by atoms with Crippen LogP contribution in [0.5, 0.6) is 0 Å². The van der Waals surface area contributed by atoms with Gasteiger partial charge in [0.1, 0.15) is 5.41 Å². The largest absolute Gasteiger partial charge is 0.392 e. The lowest BCUT2D eigenvalue weighted by Crippen LogP contribution is -2.28. The lowest BCUT2D eigenvalue weighted by Gasteiger charge is -2.17. The molecule has 0 N–H and O–H groups in total. The first-order chi connectivity index (χ1) is 7.22. The van der Waals surface area contributed by atoms with E-state index in [1.54, 1.807) is 0 Å². The fourth-order valence-electron chi connectivity index (χ4n) is 2.64. The predicted molar refractivity (Wildman–Crippen MR) is 52.2 cm³/mol. The Morgan fingerprint density at radius 1 is 1.20 bits per heavy atom. The number of cyclic esters (lactones) is 2. The Labute approximate surface area is 87.0 Å². The van der Waals surface area contributed by atoms with Crippen molar-refractivity contribution in [2.45, 2.75) is 24.7 Å². The number of esters is 2. The first-order valence-electron chi connectivity index (χ1n) is 5.06. The van der Waals surface area contributed by atoms with E-state index in [1.807, 2.05) is 24.3 Å². The average Bonchev–Trinajstić information content (AvgIpc) is 2.72. The maximum absolute atomic E-state index is 11.7. The summed E-state index contributed by atoms with van der Waals surface area (Å²) in [5, 5.41) is 0. The minimum Gasteiger partial charge on any atom is -0.392 e. The van der Waals surface area contributed by atoms with E-state index in [2.05, 4.69) is 4.74 Å². The molecule has 3 nitrogen and oxygen atoms in total. The number of fused-ring (bicyclic) bond motifs is 2. The van der Waals surface area contributed by atoms with Crippen LogP contribution in [0.25, 0.3) is 0 Å². The van der Waals surface area contributed by atoms with Crippen LogP contribution in [0.2, 0.25) is 0 Å². The highest BCUT2D eigenvalue weighted by Gasteiger charge is 2.53.